The molecule has 22 heavy (non-hydrogen) atoms. The van der Waals surface area contributed by atoms with Crippen molar-refractivity contribution in [1.82, 2.24) is 4.90 Å². The van der Waals surface area contributed by atoms with Gasteiger partial charge in [0.15, 0.2) is 0 Å². The van der Waals surface area contributed by atoms with Crippen LogP contribution in [0.5, 0.6) is 0 Å². The number of amides is 1. The van der Waals surface area contributed by atoms with E-state index in [1.165, 1.54) is 11.8 Å². The topological polar surface area (TPSA) is 57.6 Å². The number of carboxylic acid groups (broad SMARTS) is 1. The molecule has 1 heterocycles. The van der Waals surface area contributed by atoms with Crippen molar-refractivity contribution in [3.05, 3.63) is 28.7 Å². The van der Waals surface area contributed by atoms with E-state index >= 15 is 0 Å². The van der Waals surface area contributed by atoms with Gasteiger partial charge >= 0.3 is 5.97 Å². The maximum absolute atomic E-state index is 12.8. The molecule has 0 spiro atoms. The number of carboxylic acids is 1. The fourth-order valence-electron chi connectivity index (χ4n) is 2.58. The van der Waals surface area contributed by atoms with Crippen LogP contribution in [0.2, 0.25) is 0 Å². The maximum atomic E-state index is 12.8. The molecule has 0 aliphatic carbocycles. The van der Waals surface area contributed by atoms with Gasteiger partial charge in [-0.3, -0.25) is 9.59 Å². The number of hydrogen-bond acceptors (Lipinski definition) is 3. The molecule has 120 valence electrons. The Bertz CT molecular complexity index is 559. The fraction of sp³-hybridized carbons (Fsp3) is 0.500. The van der Waals surface area contributed by atoms with E-state index in [4.69, 9.17) is 5.11 Å². The molecule has 1 aliphatic heterocycles. The molecule has 0 unspecified atom stereocenters. The second kappa shape index (κ2) is 7.04. The molecule has 1 aromatic carbocycles. The summed E-state index contributed by atoms with van der Waals surface area (Å²) in [6.07, 6.45) is 1.40. The number of piperidine rings is 1. The van der Waals surface area contributed by atoms with Crippen LogP contribution in [0, 0.1) is 5.92 Å². The van der Waals surface area contributed by atoms with Crippen LogP contribution >= 0.6 is 27.7 Å². The minimum Gasteiger partial charge on any atom is -0.481 e. The number of benzene rings is 1. The third-order valence-corrected chi connectivity index (χ3v) is 5.48. The number of carbonyl (C=O) groups is 2. The summed E-state index contributed by atoms with van der Waals surface area (Å²) in [7, 11) is 0. The standard InChI is InChI=1S/C16H20BrNO3S/c1-16(2,22-13-7-5-12(17)6-8-13)15(21)18-9-3-4-11(10-18)14(19)20/h5-8,11H,3-4,9-10H2,1-2H3,(H,19,20)/t11-/m0/s1. The van der Waals surface area contributed by atoms with Gasteiger partial charge in [-0.15, -0.1) is 11.8 Å². The Balaban J connectivity index is 2.06. The van der Waals surface area contributed by atoms with Gasteiger partial charge in [0.2, 0.25) is 5.91 Å². The van der Waals surface area contributed by atoms with Crippen LogP contribution in [0.25, 0.3) is 0 Å². The molecule has 0 saturated carbocycles. The van der Waals surface area contributed by atoms with E-state index in [2.05, 4.69) is 15.9 Å². The first kappa shape index (κ1) is 17.3. The van der Waals surface area contributed by atoms with Crippen LogP contribution in [0.4, 0.5) is 0 Å². The second-order valence-electron chi connectivity index (χ2n) is 5.99. The summed E-state index contributed by atoms with van der Waals surface area (Å²) in [4.78, 5) is 26.6. The minimum atomic E-state index is -0.809. The van der Waals surface area contributed by atoms with Crippen molar-refractivity contribution in [3.8, 4) is 0 Å². The number of hydrogen-bond donors (Lipinski definition) is 1. The summed E-state index contributed by atoms with van der Waals surface area (Å²) in [6, 6.07) is 7.84. The van der Waals surface area contributed by atoms with Crippen LogP contribution in [0.15, 0.2) is 33.6 Å². The molecule has 0 bridgehead atoms. The van der Waals surface area contributed by atoms with E-state index in [-0.39, 0.29) is 5.91 Å². The lowest BCUT2D eigenvalue weighted by Gasteiger charge is -2.36. The average Bonchev–Trinajstić information content (AvgIpc) is 2.48. The molecule has 1 atom stereocenters. The molecule has 1 amide bonds. The first-order valence-corrected chi connectivity index (χ1v) is 8.87. The third-order valence-electron chi connectivity index (χ3n) is 3.76. The largest absolute Gasteiger partial charge is 0.481 e. The highest BCUT2D eigenvalue weighted by atomic mass is 79.9. The Morgan fingerprint density at radius 2 is 1.95 bits per heavy atom. The van der Waals surface area contributed by atoms with Gasteiger partial charge in [0, 0.05) is 22.5 Å². The van der Waals surface area contributed by atoms with Gasteiger partial charge in [-0.2, -0.15) is 0 Å². The van der Waals surface area contributed by atoms with E-state index in [0.29, 0.717) is 19.5 Å². The van der Waals surface area contributed by atoms with Gasteiger partial charge in [0.25, 0.3) is 0 Å². The van der Waals surface area contributed by atoms with E-state index in [1.807, 2.05) is 38.1 Å². The lowest BCUT2D eigenvalue weighted by Crippen LogP contribution is -2.49. The molecule has 0 radical (unpaired) electrons. The summed E-state index contributed by atoms with van der Waals surface area (Å²) in [5, 5.41) is 9.15. The molecular formula is C16H20BrNO3S. The average molecular weight is 386 g/mol. The SMILES string of the molecule is CC(C)(Sc1ccc(Br)cc1)C(=O)N1CCC[C@H](C(=O)O)C1. The van der Waals surface area contributed by atoms with Gasteiger partial charge in [-0.25, -0.2) is 0 Å². The van der Waals surface area contributed by atoms with Crippen LogP contribution in [-0.2, 0) is 9.59 Å². The molecule has 1 N–H and O–H groups in total. The van der Waals surface area contributed by atoms with Gasteiger partial charge in [-0.05, 0) is 51.0 Å². The predicted molar refractivity (Wildman–Crippen MR) is 91.0 cm³/mol. The van der Waals surface area contributed by atoms with Crippen molar-refractivity contribution in [2.45, 2.75) is 36.3 Å². The zero-order valence-electron chi connectivity index (χ0n) is 12.7. The molecule has 1 fully saturated rings. The monoisotopic (exact) mass is 385 g/mol. The second-order valence-corrected chi connectivity index (χ2v) is 8.61. The van der Waals surface area contributed by atoms with Crippen molar-refractivity contribution in [2.75, 3.05) is 13.1 Å². The molecule has 1 saturated heterocycles. The lowest BCUT2D eigenvalue weighted by molar-refractivity contribution is -0.146. The van der Waals surface area contributed by atoms with Crippen molar-refractivity contribution in [2.24, 2.45) is 5.92 Å². The van der Waals surface area contributed by atoms with Gasteiger partial charge < -0.3 is 10.0 Å². The first-order chi connectivity index (χ1) is 10.3. The van der Waals surface area contributed by atoms with Crippen LogP contribution in [0.3, 0.4) is 0 Å². The highest BCUT2D eigenvalue weighted by Gasteiger charge is 2.36. The number of carbonyl (C=O) groups excluding carboxylic acids is 1. The van der Waals surface area contributed by atoms with Crippen LogP contribution in [0.1, 0.15) is 26.7 Å². The highest BCUT2D eigenvalue weighted by Crippen LogP contribution is 2.35. The van der Waals surface area contributed by atoms with Crippen molar-refractivity contribution in [1.29, 1.82) is 0 Å². The molecular weight excluding hydrogens is 366 g/mol. The molecule has 6 heteroatoms. The number of thioether (sulfide) groups is 1. The number of halogens is 1. The van der Waals surface area contributed by atoms with Crippen LogP contribution in [-0.4, -0.2) is 39.7 Å². The van der Waals surface area contributed by atoms with Gasteiger partial charge in [0.1, 0.15) is 0 Å². The van der Waals surface area contributed by atoms with Crippen molar-refractivity contribution < 1.29 is 14.7 Å². The fourth-order valence-corrected chi connectivity index (χ4v) is 3.93. The van der Waals surface area contributed by atoms with Gasteiger partial charge in [-0.1, -0.05) is 15.9 Å². The Morgan fingerprint density at radius 3 is 2.55 bits per heavy atom. The Kier molecular flexibility index (Phi) is 5.55. The summed E-state index contributed by atoms with van der Waals surface area (Å²) < 4.78 is 0.384. The Hall–Kier alpha value is -1.01. The van der Waals surface area contributed by atoms with Crippen molar-refractivity contribution in [3.63, 3.8) is 0 Å². The number of likely N-dealkylation sites (tertiary alicyclic amines) is 1. The molecule has 1 aromatic rings. The van der Waals surface area contributed by atoms with E-state index in [0.717, 1.165) is 15.8 Å². The normalized spacial score (nSPS) is 19.0. The maximum Gasteiger partial charge on any atom is 0.308 e. The number of aliphatic carboxylic acids is 1. The smallest absolute Gasteiger partial charge is 0.308 e. The Labute approximate surface area is 143 Å². The third kappa shape index (κ3) is 4.26. The van der Waals surface area contributed by atoms with E-state index in [1.54, 1.807) is 4.90 Å². The zero-order valence-corrected chi connectivity index (χ0v) is 15.1. The Morgan fingerprint density at radius 1 is 1.32 bits per heavy atom. The molecule has 4 nitrogen and oxygen atoms in total. The summed E-state index contributed by atoms with van der Waals surface area (Å²) in [6.45, 7) is 4.75. The van der Waals surface area contributed by atoms with Crippen molar-refractivity contribution >= 4 is 39.6 Å². The summed E-state index contributed by atoms with van der Waals surface area (Å²) in [5.74, 6) is -1.24. The minimum absolute atomic E-state index is 0.00590. The highest BCUT2D eigenvalue weighted by molar-refractivity contribution is 9.10. The molecule has 0 aromatic heterocycles. The summed E-state index contributed by atoms with van der Waals surface area (Å²) >= 11 is 4.90. The predicted octanol–water partition coefficient (Wildman–Crippen LogP) is 3.64. The van der Waals surface area contributed by atoms with Crippen LogP contribution < -0.4 is 0 Å². The summed E-state index contributed by atoms with van der Waals surface area (Å²) in [5.41, 5.74) is 0. The number of nitrogens with zero attached hydrogens (tertiary/aromatic N) is 1. The lowest BCUT2D eigenvalue weighted by atomic mass is 9.97. The molecule has 1 aliphatic rings. The van der Waals surface area contributed by atoms with E-state index < -0.39 is 16.6 Å². The van der Waals surface area contributed by atoms with E-state index in [9.17, 15) is 9.59 Å². The van der Waals surface area contributed by atoms with Gasteiger partial charge in [0.05, 0.1) is 10.7 Å². The quantitative estimate of drug-likeness (QED) is 0.803. The first-order valence-electron chi connectivity index (χ1n) is 7.26. The number of rotatable bonds is 4. The molecule has 2 rings (SSSR count). The zero-order chi connectivity index (χ0) is 16.3.